The number of sulfone groups is 1. The quantitative estimate of drug-likeness (QED) is 0.930. The topological polar surface area (TPSA) is 54.4 Å². The fraction of sp³-hybridized carbons (Fsp3) is 0.500. The molecule has 3 nitrogen and oxygen atoms in total. The molecular weight excluding hydrogens is 281 g/mol. The van der Waals surface area contributed by atoms with Crippen LogP contribution in [0.5, 0.6) is 0 Å². The van der Waals surface area contributed by atoms with Crippen molar-refractivity contribution in [3.63, 3.8) is 0 Å². The molecule has 1 aromatic rings. The van der Waals surface area contributed by atoms with Crippen LogP contribution in [0, 0.1) is 5.92 Å². The molecule has 0 atom stereocenters. The van der Waals surface area contributed by atoms with Crippen LogP contribution in [-0.4, -0.2) is 25.4 Å². The predicted octanol–water partition coefficient (Wildman–Crippen LogP) is 2.25. The Kier molecular flexibility index (Phi) is 3.61. The zero-order valence-electron chi connectivity index (χ0n) is 9.89. The van der Waals surface area contributed by atoms with Crippen LogP contribution in [0.15, 0.2) is 29.2 Å². The molecule has 0 aliphatic heterocycles. The summed E-state index contributed by atoms with van der Waals surface area (Å²) in [5.41, 5.74) is -0.966. The summed E-state index contributed by atoms with van der Waals surface area (Å²) >= 11 is 0. The van der Waals surface area contributed by atoms with E-state index in [-0.39, 0.29) is 17.4 Å². The Labute approximate surface area is 109 Å². The maximum absolute atomic E-state index is 12.5. The van der Waals surface area contributed by atoms with Crippen LogP contribution in [0.3, 0.4) is 0 Å². The van der Waals surface area contributed by atoms with E-state index < -0.39 is 26.8 Å². The minimum absolute atomic E-state index is 0.0643. The molecule has 0 heterocycles. The number of alkyl halides is 3. The molecule has 7 heteroatoms. The Bertz CT molecular complexity index is 560. The molecule has 0 spiro atoms. The zero-order chi connectivity index (χ0) is 14.3. The van der Waals surface area contributed by atoms with Crippen molar-refractivity contribution in [2.24, 2.45) is 5.92 Å². The van der Waals surface area contributed by atoms with Gasteiger partial charge in [0.2, 0.25) is 0 Å². The SMILES string of the molecule is O=S(=O)(c1cccc(C(F)(F)F)c1)[C@H]1C[C@H](CO)C1. The van der Waals surface area contributed by atoms with Crippen LogP contribution in [0.2, 0.25) is 0 Å². The van der Waals surface area contributed by atoms with Crippen molar-refractivity contribution < 1.29 is 26.7 Å². The molecule has 0 aromatic heterocycles. The minimum atomic E-state index is -4.56. The van der Waals surface area contributed by atoms with Gasteiger partial charge in [0.25, 0.3) is 0 Å². The second kappa shape index (κ2) is 4.79. The first-order valence-electron chi connectivity index (χ1n) is 5.77. The van der Waals surface area contributed by atoms with E-state index in [1.807, 2.05) is 0 Å². The first-order chi connectivity index (χ1) is 8.75. The molecule has 1 aliphatic carbocycles. The van der Waals surface area contributed by atoms with Crippen LogP contribution in [0.1, 0.15) is 18.4 Å². The summed E-state index contributed by atoms with van der Waals surface area (Å²) in [5, 5.41) is 8.16. The monoisotopic (exact) mass is 294 g/mol. The zero-order valence-corrected chi connectivity index (χ0v) is 10.7. The molecule has 2 rings (SSSR count). The normalized spacial score (nSPS) is 24.0. The van der Waals surface area contributed by atoms with E-state index in [4.69, 9.17) is 5.11 Å². The summed E-state index contributed by atoms with van der Waals surface area (Å²) in [6.07, 6.45) is -3.96. The summed E-state index contributed by atoms with van der Waals surface area (Å²) < 4.78 is 61.8. The third-order valence-corrected chi connectivity index (χ3v) is 5.55. The minimum Gasteiger partial charge on any atom is -0.396 e. The molecule has 0 amide bonds. The average Bonchev–Trinajstić information content (AvgIpc) is 2.26. The van der Waals surface area contributed by atoms with Crippen LogP contribution < -0.4 is 0 Å². The number of hydrogen-bond donors (Lipinski definition) is 1. The summed E-state index contributed by atoms with van der Waals surface area (Å²) in [6.45, 7) is -0.0887. The number of aliphatic hydroxyl groups excluding tert-OH is 1. The average molecular weight is 294 g/mol. The van der Waals surface area contributed by atoms with E-state index in [0.29, 0.717) is 18.9 Å². The highest BCUT2D eigenvalue weighted by molar-refractivity contribution is 7.92. The summed E-state index contributed by atoms with van der Waals surface area (Å²) in [5.74, 6) is -0.0643. The standard InChI is InChI=1S/C12H13F3O3S/c13-12(14,15)9-2-1-3-10(6-9)19(17,18)11-4-8(5-11)7-16/h1-3,6,8,11,16H,4-5,7H2/t8-,11-. The Morgan fingerprint density at radius 1 is 1.26 bits per heavy atom. The van der Waals surface area contributed by atoms with E-state index >= 15 is 0 Å². The fourth-order valence-corrected chi connectivity index (χ4v) is 4.11. The Morgan fingerprint density at radius 2 is 1.89 bits per heavy atom. The van der Waals surface area contributed by atoms with E-state index in [1.54, 1.807) is 0 Å². The lowest BCUT2D eigenvalue weighted by molar-refractivity contribution is -0.137. The molecule has 1 aliphatic rings. The number of hydrogen-bond acceptors (Lipinski definition) is 3. The first kappa shape index (κ1) is 14.3. The van der Waals surface area contributed by atoms with Gasteiger partial charge in [-0.25, -0.2) is 8.42 Å². The molecule has 0 saturated heterocycles. The van der Waals surface area contributed by atoms with Crippen LogP contribution in [0.25, 0.3) is 0 Å². The molecule has 1 aromatic carbocycles. The number of rotatable bonds is 3. The van der Waals surface area contributed by atoms with Crippen molar-refractivity contribution in [1.82, 2.24) is 0 Å². The second-order valence-electron chi connectivity index (χ2n) is 4.71. The highest BCUT2D eigenvalue weighted by Gasteiger charge is 2.40. The molecule has 0 bridgehead atoms. The second-order valence-corrected chi connectivity index (χ2v) is 6.94. The molecule has 1 N–H and O–H groups in total. The predicted molar refractivity (Wildman–Crippen MR) is 62.2 cm³/mol. The van der Waals surface area contributed by atoms with Crippen LogP contribution >= 0.6 is 0 Å². The van der Waals surface area contributed by atoms with Gasteiger partial charge in [0.15, 0.2) is 9.84 Å². The maximum atomic E-state index is 12.5. The molecule has 0 unspecified atom stereocenters. The van der Waals surface area contributed by atoms with E-state index in [2.05, 4.69) is 0 Å². The largest absolute Gasteiger partial charge is 0.416 e. The highest BCUT2D eigenvalue weighted by atomic mass is 32.2. The van der Waals surface area contributed by atoms with E-state index in [9.17, 15) is 21.6 Å². The highest BCUT2D eigenvalue weighted by Crippen LogP contribution is 2.37. The Morgan fingerprint density at radius 3 is 2.42 bits per heavy atom. The van der Waals surface area contributed by atoms with Crippen molar-refractivity contribution in [3.05, 3.63) is 29.8 Å². The first-order valence-corrected chi connectivity index (χ1v) is 7.32. The summed E-state index contributed by atoms with van der Waals surface area (Å²) in [4.78, 5) is -0.302. The lowest BCUT2D eigenvalue weighted by Crippen LogP contribution is -2.37. The van der Waals surface area contributed by atoms with Gasteiger partial charge >= 0.3 is 6.18 Å². The van der Waals surface area contributed by atoms with Gasteiger partial charge in [0.1, 0.15) is 0 Å². The van der Waals surface area contributed by atoms with Crippen LogP contribution in [0.4, 0.5) is 13.2 Å². The molecule has 0 radical (unpaired) electrons. The molecular formula is C12H13F3O3S. The van der Waals surface area contributed by atoms with Gasteiger partial charge in [0, 0.05) is 6.61 Å². The maximum Gasteiger partial charge on any atom is 0.416 e. The summed E-state index contributed by atoms with van der Waals surface area (Å²) in [7, 11) is -3.74. The number of halogens is 3. The van der Waals surface area contributed by atoms with Gasteiger partial charge in [-0.3, -0.25) is 0 Å². The van der Waals surface area contributed by atoms with Gasteiger partial charge in [-0.1, -0.05) is 6.07 Å². The van der Waals surface area contributed by atoms with Gasteiger partial charge in [0.05, 0.1) is 15.7 Å². The molecule has 106 valence electrons. The number of aliphatic hydroxyl groups is 1. The van der Waals surface area contributed by atoms with Crippen LogP contribution in [-0.2, 0) is 16.0 Å². The van der Waals surface area contributed by atoms with Crippen molar-refractivity contribution in [2.45, 2.75) is 29.2 Å². The Balaban J connectivity index is 2.27. The number of benzene rings is 1. The van der Waals surface area contributed by atoms with E-state index in [1.165, 1.54) is 6.07 Å². The fourth-order valence-electron chi connectivity index (χ4n) is 2.12. The molecule has 1 fully saturated rings. The smallest absolute Gasteiger partial charge is 0.396 e. The lowest BCUT2D eigenvalue weighted by Gasteiger charge is -2.33. The van der Waals surface area contributed by atoms with Gasteiger partial charge in [-0.15, -0.1) is 0 Å². The van der Waals surface area contributed by atoms with Crippen molar-refractivity contribution in [1.29, 1.82) is 0 Å². The van der Waals surface area contributed by atoms with Crippen molar-refractivity contribution in [2.75, 3.05) is 6.61 Å². The van der Waals surface area contributed by atoms with Gasteiger partial charge < -0.3 is 5.11 Å². The van der Waals surface area contributed by atoms with Gasteiger partial charge in [-0.05, 0) is 37.0 Å². The van der Waals surface area contributed by atoms with E-state index in [0.717, 1.165) is 12.1 Å². The third kappa shape index (κ3) is 2.76. The molecule has 1 saturated carbocycles. The van der Waals surface area contributed by atoms with Gasteiger partial charge in [-0.2, -0.15) is 13.2 Å². The Hall–Kier alpha value is -1.08. The lowest BCUT2D eigenvalue weighted by atomic mass is 9.86. The molecule has 19 heavy (non-hydrogen) atoms. The summed E-state index contributed by atoms with van der Waals surface area (Å²) in [6, 6.07) is 3.78. The van der Waals surface area contributed by atoms with Crippen molar-refractivity contribution >= 4 is 9.84 Å². The van der Waals surface area contributed by atoms with Crippen molar-refractivity contribution in [3.8, 4) is 0 Å². The third-order valence-electron chi connectivity index (χ3n) is 3.38.